The van der Waals surface area contributed by atoms with Crippen molar-refractivity contribution in [1.29, 1.82) is 0 Å². The highest BCUT2D eigenvalue weighted by atomic mass is 16.6. The van der Waals surface area contributed by atoms with Crippen LogP contribution in [0.2, 0.25) is 0 Å². The lowest BCUT2D eigenvalue weighted by Crippen LogP contribution is -2.27. The molecule has 0 aliphatic rings. The molecule has 4 aromatic rings. The van der Waals surface area contributed by atoms with Gasteiger partial charge in [0.15, 0.2) is 5.82 Å². The number of nitrogen functional groups attached to an aromatic ring is 1. The molecule has 0 amide bonds. The molecule has 0 unspecified atom stereocenters. The molecular formula is C24H27N5O5. The number of benzene rings is 2. The Bertz CT molecular complexity index is 1360. The molecule has 0 aliphatic carbocycles. The molecule has 0 atom stereocenters. The average molecular weight is 466 g/mol. The van der Waals surface area contributed by atoms with Gasteiger partial charge in [-0.15, -0.1) is 0 Å². The molecular weight excluding hydrogens is 438 g/mol. The Morgan fingerprint density at radius 1 is 1.21 bits per heavy atom. The molecule has 10 heteroatoms. The van der Waals surface area contributed by atoms with E-state index in [4.69, 9.17) is 20.2 Å². The summed E-state index contributed by atoms with van der Waals surface area (Å²) in [4.78, 5) is 19.8. The number of nitro benzene ring substituents is 1. The van der Waals surface area contributed by atoms with Crippen LogP contribution in [-0.2, 0) is 24.3 Å². The smallest absolute Gasteiger partial charge is 0.269 e. The van der Waals surface area contributed by atoms with Crippen LogP contribution in [0.25, 0.3) is 21.9 Å². The minimum atomic E-state index is -0.971. The van der Waals surface area contributed by atoms with Gasteiger partial charge >= 0.3 is 0 Å². The van der Waals surface area contributed by atoms with Gasteiger partial charge in [0.1, 0.15) is 23.7 Å². The van der Waals surface area contributed by atoms with Gasteiger partial charge in [-0.25, -0.2) is 9.97 Å². The van der Waals surface area contributed by atoms with E-state index in [-0.39, 0.29) is 18.1 Å². The Balaban J connectivity index is 1.73. The Morgan fingerprint density at radius 2 is 2.00 bits per heavy atom. The number of hydrogen-bond acceptors (Lipinski definition) is 8. The zero-order valence-electron chi connectivity index (χ0n) is 19.3. The lowest BCUT2D eigenvalue weighted by Gasteiger charge is -2.20. The lowest BCUT2D eigenvalue weighted by atomic mass is 10.1. The van der Waals surface area contributed by atoms with Crippen LogP contribution >= 0.6 is 0 Å². The van der Waals surface area contributed by atoms with Gasteiger partial charge in [-0.05, 0) is 31.5 Å². The molecule has 2 heterocycles. The van der Waals surface area contributed by atoms with Gasteiger partial charge in [-0.2, -0.15) is 0 Å². The number of fused-ring (bicyclic) bond motifs is 3. The van der Waals surface area contributed by atoms with E-state index in [2.05, 4.69) is 4.98 Å². The number of methoxy groups -OCH3 is 1. The summed E-state index contributed by atoms with van der Waals surface area (Å²) in [5.74, 6) is 1.59. The molecule has 0 bridgehead atoms. The van der Waals surface area contributed by atoms with E-state index in [1.54, 1.807) is 39.2 Å². The topological polar surface area (TPSA) is 139 Å². The van der Waals surface area contributed by atoms with Crippen molar-refractivity contribution in [3.05, 3.63) is 64.0 Å². The van der Waals surface area contributed by atoms with Gasteiger partial charge in [0, 0.05) is 37.1 Å². The summed E-state index contributed by atoms with van der Waals surface area (Å²) in [6.07, 6.45) is 0.562. The van der Waals surface area contributed by atoms with E-state index < -0.39 is 10.5 Å². The Kier molecular flexibility index (Phi) is 6.36. The van der Waals surface area contributed by atoms with Crippen LogP contribution in [0.15, 0.2) is 42.5 Å². The zero-order valence-corrected chi connectivity index (χ0v) is 19.3. The molecule has 178 valence electrons. The van der Waals surface area contributed by atoms with Gasteiger partial charge in [0.2, 0.25) is 0 Å². The standard InChI is InChI=1S/C24H27N5O5/c1-24(2,30)14-28-20(9-10-33-3)27-21-22(28)18-8-7-17(12-19(18)26-23(21)25)34-13-15-5-4-6-16(11-15)29(31)32/h4-8,11-12,30H,9-10,13-14H2,1-3H3,(H2,25,26). The summed E-state index contributed by atoms with van der Waals surface area (Å²) in [6.45, 7) is 4.46. The number of nitrogens with two attached hydrogens (primary N) is 1. The molecule has 10 nitrogen and oxygen atoms in total. The number of aliphatic hydroxyl groups is 1. The van der Waals surface area contributed by atoms with Crippen molar-refractivity contribution < 1.29 is 19.5 Å². The number of rotatable bonds is 9. The number of aromatic nitrogens is 3. The van der Waals surface area contributed by atoms with Crippen LogP contribution < -0.4 is 10.5 Å². The number of nitrogens with zero attached hydrogens (tertiary/aromatic N) is 4. The fourth-order valence-electron chi connectivity index (χ4n) is 3.90. The highest BCUT2D eigenvalue weighted by Crippen LogP contribution is 2.32. The predicted octanol–water partition coefficient (Wildman–Crippen LogP) is 3.61. The second kappa shape index (κ2) is 9.24. The van der Waals surface area contributed by atoms with Crippen molar-refractivity contribution in [2.75, 3.05) is 19.5 Å². The number of non-ortho nitro benzene ring substituents is 1. The average Bonchev–Trinajstić information content (AvgIpc) is 3.13. The maximum absolute atomic E-state index is 11.0. The van der Waals surface area contributed by atoms with Crippen LogP contribution in [-0.4, -0.2) is 43.9 Å². The summed E-state index contributed by atoms with van der Waals surface area (Å²) in [7, 11) is 1.63. The highest BCUT2D eigenvalue weighted by Gasteiger charge is 2.22. The van der Waals surface area contributed by atoms with Gasteiger partial charge < -0.3 is 24.9 Å². The molecule has 2 aromatic heterocycles. The first-order chi connectivity index (χ1) is 16.2. The Hall–Kier alpha value is -3.76. The Labute approximate surface area is 196 Å². The second-order valence-electron chi connectivity index (χ2n) is 8.76. The summed E-state index contributed by atoms with van der Waals surface area (Å²) in [5, 5.41) is 22.4. The minimum absolute atomic E-state index is 0.0146. The normalized spacial score (nSPS) is 11.9. The summed E-state index contributed by atoms with van der Waals surface area (Å²) >= 11 is 0. The molecule has 2 aromatic carbocycles. The number of hydrogen-bond donors (Lipinski definition) is 2. The largest absolute Gasteiger partial charge is 0.489 e. The van der Waals surface area contributed by atoms with Crippen LogP contribution in [0.4, 0.5) is 11.5 Å². The molecule has 0 saturated carbocycles. The molecule has 0 spiro atoms. The number of imidazole rings is 1. The minimum Gasteiger partial charge on any atom is -0.489 e. The first-order valence-electron chi connectivity index (χ1n) is 10.8. The summed E-state index contributed by atoms with van der Waals surface area (Å²) < 4.78 is 13.1. The van der Waals surface area contributed by atoms with Crippen LogP contribution in [0.1, 0.15) is 25.2 Å². The number of nitro groups is 1. The van der Waals surface area contributed by atoms with Crippen molar-refractivity contribution in [2.45, 2.75) is 39.0 Å². The molecule has 4 rings (SSSR count). The SMILES string of the molecule is COCCc1nc2c(N)nc3cc(OCc4cccc([N+](=O)[O-])c4)ccc3c2n1CC(C)(C)O. The summed E-state index contributed by atoms with van der Waals surface area (Å²) in [5.41, 5.74) is 7.99. The maximum Gasteiger partial charge on any atom is 0.269 e. The first kappa shape index (κ1) is 23.4. The third-order valence-electron chi connectivity index (χ3n) is 5.36. The zero-order chi connectivity index (χ0) is 24.5. The van der Waals surface area contributed by atoms with Gasteiger partial charge in [0.25, 0.3) is 5.69 Å². The molecule has 34 heavy (non-hydrogen) atoms. The van der Waals surface area contributed by atoms with Crippen LogP contribution in [0.5, 0.6) is 5.75 Å². The van der Waals surface area contributed by atoms with Crippen LogP contribution in [0.3, 0.4) is 0 Å². The van der Waals surface area contributed by atoms with Crippen molar-refractivity contribution >= 4 is 33.4 Å². The van der Waals surface area contributed by atoms with Crippen molar-refractivity contribution in [3.63, 3.8) is 0 Å². The highest BCUT2D eigenvalue weighted by molar-refractivity contribution is 6.07. The van der Waals surface area contributed by atoms with Crippen molar-refractivity contribution in [2.24, 2.45) is 0 Å². The monoisotopic (exact) mass is 465 g/mol. The van der Waals surface area contributed by atoms with E-state index in [9.17, 15) is 15.2 Å². The second-order valence-corrected chi connectivity index (χ2v) is 8.76. The quantitative estimate of drug-likeness (QED) is 0.282. The van der Waals surface area contributed by atoms with E-state index in [0.717, 1.165) is 16.7 Å². The van der Waals surface area contributed by atoms with E-state index in [0.29, 0.717) is 41.9 Å². The third kappa shape index (κ3) is 4.92. The first-order valence-corrected chi connectivity index (χ1v) is 10.8. The predicted molar refractivity (Wildman–Crippen MR) is 129 cm³/mol. The number of ether oxygens (including phenoxy) is 2. The summed E-state index contributed by atoms with van der Waals surface area (Å²) in [6, 6.07) is 11.8. The van der Waals surface area contributed by atoms with Crippen LogP contribution in [0, 0.1) is 10.1 Å². The molecule has 3 N–H and O–H groups in total. The third-order valence-corrected chi connectivity index (χ3v) is 5.36. The number of anilines is 1. The van der Waals surface area contributed by atoms with E-state index >= 15 is 0 Å². The van der Waals surface area contributed by atoms with Gasteiger partial charge in [-0.1, -0.05) is 12.1 Å². The molecule has 0 radical (unpaired) electrons. The van der Waals surface area contributed by atoms with Crippen molar-refractivity contribution in [3.8, 4) is 5.75 Å². The van der Waals surface area contributed by atoms with Gasteiger partial charge in [0.05, 0.1) is 34.7 Å². The fraction of sp³-hybridized carbons (Fsp3) is 0.333. The molecule has 0 fully saturated rings. The lowest BCUT2D eigenvalue weighted by molar-refractivity contribution is -0.384. The van der Waals surface area contributed by atoms with E-state index in [1.165, 1.54) is 12.1 Å². The maximum atomic E-state index is 11.0. The Morgan fingerprint density at radius 3 is 2.71 bits per heavy atom. The van der Waals surface area contributed by atoms with Crippen molar-refractivity contribution in [1.82, 2.24) is 14.5 Å². The fourth-order valence-corrected chi connectivity index (χ4v) is 3.90. The van der Waals surface area contributed by atoms with E-state index in [1.807, 2.05) is 16.7 Å². The molecule has 0 aliphatic heterocycles. The van der Waals surface area contributed by atoms with Gasteiger partial charge in [-0.3, -0.25) is 10.1 Å². The molecule has 0 saturated heterocycles. The number of pyridine rings is 1.